The van der Waals surface area contributed by atoms with E-state index >= 15 is 0 Å². The predicted octanol–water partition coefficient (Wildman–Crippen LogP) is 4.29. The van der Waals surface area contributed by atoms with Gasteiger partial charge in [-0.3, -0.25) is 0 Å². The van der Waals surface area contributed by atoms with E-state index in [1.54, 1.807) is 7.11 Å². The van der Waals surface area contributed by atoms with E-state index in [4.69, 9.17) is 26.8 Å². The zero-order valence-electron chi connectivity index (χ0n) is 15.0. The van der Waals surface area contributed by atoms with Crippen LogP contribution in [0.1, 0.15) is 23.6 Å². The summed E-state index contributed by atoms with van der Waals surface area (Å²) in [6.07, 6.45) is 0. The first-order chi connectivity index (χ1) is 11.9. The molecular weight excluding hydrogens is 338 g/mol. The molecule has 0 saturated carbocycles. The average molecular weight is 362 g/mol. The summed E-state index contributed by atoms with van der Waals surface area (Å²) in [5, 5.41) is 3.60. The number of hydrogen-bond acceptors (Lipinski definition) is 3. The van der Waals surface area contributed by atoms with Crippen LogP contribution in [0, 0.1) is 13.8 Å². The van der Waals surface area contributed by atoms with Crippen LogP contribution in [-0.2, 0) is 6.54 Å². The second kappa shape index (κ2) is 8.62. The lowest BCUT2D eigenvalue weighted by Gasteiger charge is -2.13. The summed E-state index contributed by atoms with van der Waals surface area (Å²) in [5.41, 5.74) is 10.1. The van der Waals surface area contributed by atoms with Gasteiger partial charge in [-0.2, -0.15) is 0 Å². The van der Waals surface area contributed by atoms with E-state index in [0.29, 0.717) is 35.6 Å². The lowest BCUT2D eigenvalue weighted by molar-refractivity contribution is 0.311. The second-order valence-electron chi connectivity index (χ2n) is 5.74. The number of halogens is 1. The number of rotatable bonds is 6. The monoisotopic (exact) mass is 361 g/mol. The van der Waals surface area contributed by atoms with Crippen molar-refractivity contribution < 1.29 is 9.47 Å². The van der Waals surface area contributed by atoms with Crippen molar-refractivity contribution in [3.8, 4) is 11.5 Å². The fourth-order valence-electron chi connectivity index (χ4n) is 2.56. The maximum absolute atomic E-state index is 6.27. The molecular formula is C19H24ClN3O2. The van der Waals surface area contributed by atoms with Crippen LogP contribution in [-0.4, -0.2) is 19.7 Å². The summed E-state index contributed by atoms with van der Waals surface area (Å²) in [4.78, 5) is 4.37. The van der Waals surface area contributed by atoms with E-state index in [1.165, 1.54) is 11.1 Å². The summed E-state index contributed by atoms with van der Waals surface area (Å²) >= 11 is 6.27. The molecule has 2 aromatic rings. The molecule has 0 atom stereocenters. The van der Waals surface area contributed by atoms with Crippen LogP contribution < -0.4 is 20.5 Å². The predicted molar refractivity (Wildman–Crippen MR) is 104 cm³/mol. The zero-order valence-corrected chi connectivity index (χ0v) is 15.8. The third kappa shape index (κ3) is 5.29. The summed E-state index contributed by atoms with van der Waals surface area (Å²) < 4.78 is 10.9. The smallest absolute Gasteiger partial charge is 0.193 e. The number of benzene rings is 2. The van der Waals surface area contributed by atoms with Crippen LogP contribution in [0.15, 0.2) is 35.3 Å². The Morgan fingerprint density at radius 1 is 1.16 bits per heavy atom. The number of guanidine groups is 1. The fourth-order valence-corrected chi connectivity index (χ4v) is 2.85. The van der Waals surface area contributed by atoms with Gasteiger partial charge < -0.3 is 20.5 Å². The standard InChI is InChI=1S/C19H24ClN3O2/c1-5-25-18-16(20)9-14(10-17(18)24-4)11-22-19(21)23-15-7-12(2)6-13(3)8-15/h6-10H,5,11H2,1-4H3,(H3,21,22,23). The Morgan fingerprint density at radius 2 is 1.84 bits per heavy atom. The van der Waals surface area contributed by atoms with Gasteiger partial charge in [-0.05, 0) is 61.7 Å². The summed E-state index contributed by atoms with van der Waals surface area (Å²) in [7, 11) is 1.58. The van der Waals surface area contributed by atoms with Crippen molar-refractivity contribution in [2.45, 2.75) is 27.3 Å². The molecule has 0 heterocycles. The summed E-state index contributed by atoms with van der Waals surface area (Å²) in [6.45, 7) is 6.87. The van der Waals surface area contributed by atoms with Gasteiger partial charge in [0.2, 0.25) is 0 Å². The number of aliphatic imine (C=N–C) groups is 1. The molecule has 0 amide bonds. The second-order valence-corrected chi connectivity index (χ2v) is 6.15. The molecule has 0 bridgehead atoms. The number of nitrogens with one attached hydrogen (secondary N) is 1. The van der Waals surface area contributed by atoms with Crippen LogP contribution in [0.3, 0.4) is 0 Å². The fraction of sp³-hybridized carbons (Fsp3) is 0.316. The largest absolute Gasteiger partial charge is 0.493 e. The van der Waals surface area contributed by atoms with Gasteiger partial charge in [-0.15, -0.1) is 0 Å². The molecule has 0 fully saturated rings. The molecule has 0 saturated heterocycles. The van der Waals surface area contributed by atoms with E-state index in [-0.39, 0.29) is 0 Å². The van der Waals surface area contributed by atoms with Crippen LogP contribution >= 0.6 is 11.6 Å². The van der Waals surface area contributed by atoms with Gasteiger partial charge in [0.05, 0.1) is 25.3 Å². The van der Waals surface area contributed by atoms with E-state index in [1.807, 2.05) is 45.0 Å². The van der Waals surface area contributed by atoms with E-state index < -0.39 is 0 Å². The first-order valence-corrected chi connectivity index (χ1v) is 8.45. The SMILES string of the molecule is CCOc1c(Cl)cc(CN=C(N)Nc2cc(C)cc(C)c2)cc1OC. The molecule has 0 spiro atoms. The van der Waals surface area contributed by atoms with Gasteiger partial charge in [0.15, 0.2) is 17.5 Å². The number of ether oxygens (including phenoxy) is 2. The lowest BCUT2D eigenvalue weighted by atomic mass is 10.1. The Kier molecular flexibility index (Phi) is 6.53. The van der Waals surface area contributed by atoms with E-state index in [2.05, 4.69) is 16.4 Å². The maximum Gasteiger partial charge on any atom is 0.193 e. The Labute approximate surface area is 153 Å². The normalized spacial score (nSPS) is 11.3. The number of nitrogens with two attached hydrogens (primary N) is 1. The molecule has 0 radical (unpaired) electrons. The highest BCUT2D eigenvalue weighted by Gasteiger charge is 2.11. The minimum atomic E-state index is 0.342. The first-order valence-electron chi connectivity index (χ1n) is 8.07. The number of aryl methyl sites for hydroxylation is 2. The minimum absolute atomic E-state index is 0.342. The molecule has 3 N–H and O–H groups in total. The number of nitrogens with zero attached hydrogens (tertiary/aromatic N) is 1. The molecule has 0 aliphatic carbocycles. The van der Waals surface area contributed by atoms with Crippen LogP contribution in [0.25, 0.3) is 0 Å². The highest BCUT2D eigenvalue weighted by molar-refractivity contribution is 6.32. The van der Waals surface area contributed by atoms with Crippen molar-refractivity contribution >= 4 is 23.2 Å². The molecule has 134 valence electrons. The van der Waals surface area contributed by atoms with Crippen LogP contribution in [0.5, 0.6) is 11.5 Å². The van der Waals surface area contributed by atoms with Gasteiger partial charge in [0.1, 0.15) is 0 Å². The highest BCUT2D eigenvalue weighted by atomic mass is 35.5. The molecule has 5 nitrogen and oxygen atoms in total. The van der Waals surface area contributed by atoms with Gasteiger partial charge in [0.25, 0.3) is 0 Å². The minimum Gasteiger partial charge on any atom is -0.493 e. The topological polar surface area (TPSA) is 68.9 Å². The van der Waals surface area contributed by atoms with Crippen molar-refractivity contribution in [2.75, 3.05) is 19.0 Å². The third-order valence-electron chi connectivity index (χ3n) is 3.50. The van der Waals surface area contributed by atoms with Gasteiger partial charge in [-0.1, -0.05) is 17.7 Å². The van der Waals surface area contributed by atoms with Crippen molar-refractivity contribution in [2.24, 2.45) is 10.7 Å². The van der Waals surface area contributed by atoms with E-state index in [0.717, 1.165) is 11.3 Å². The number of methoxy groups -OCH3 is 1. The molecule has 0 unspecified atom stereocenters. The van der Waals surface area contributed by atoms with Crippen molar-refractivity contribution in [3.63, 3.8) is 0 Å². The zero-order chi connectivity index (χ0) is 18.4. The number of hydrogen-bond donors (Lipinski definition) is 2. The molecule has 25 heavy (non-hydrogen) atoms. The summed E-state index contributed by atoms with van der Waals surface area (Å²) in [5.74, 6) is 1.47. The Morgan fingerprint density at radius 3 is 2.44 bits per heavy atom. The molecule has 2 aromatic carbocycles. The Balaban J connectivity index is 2.13. The van der Waals surface area contributed by atoms with Crippen molar-refractivity contribution in [1.29, 1.82) is 0 Å². The maximum atomic E-state index is 6.27. The first kappa shape index (κ1) is 18.9. The molecule has 0 aliphatic rings. The molecule has 0 aromatic heterocycles. The highest BCUT2D eigenvalue weighted by Crippen LogP contribution is 2.36. The van der Waals surface area contributed by atoms with Crippen LogP contribution in [0.2, 0.25) is 5.02 Å². The Bertz CT molecular complexity index is 755. The van der Waals surface area contributed by atoms with Crippen molar-refractivity contribution in [3.05, 3.63) is 52.0 Å². The van der Waals surface area contributed by atoms with Crippen molar-refractivity contribution in [1.82, 2.24) is 0 Å². The number of anilines is 1. The van der Waals surface area contributed by atoms with E-state index in [9.17, 15) is 0 Å². The lowest BCUT2D eigenvalue weighted by Crippen LogP contribution is -2.22. The molecule has 0 aliphatic heterocycles. The quantitative estimate of drug-likeness (QED) is 0.594. The Hall–Kier alpha value is -2.40. The average Bonchev–Trinajstić information content (AvgIpc) is 2.54. The van der Waals surface area contributed by atoms with Crippen LogP contribution in [0.4, 0.5) is 5.69 Å². The summed E-state index contributed by atoms with van der Waals surface area (Å²) in [6, 6.07) is 9.80. The van der Waals surface area contributed by atoms with Gasteiger partial charge in [-0.25, -0.2) is 4.99 Å². The molecule has 2 rings (SSSR count). The molecule has 6 heteroatoms. The van der Waals surface area contributed by atoms with Gasteiger partial charge in [0, 0.05) is 5.69 Å². The third-order valence-corrected chi connectivity index (χ3v) is 3.78. The van der Waals surface area contributed by atoms with Gasteiger partial charge >= 0.3 is 0 Å².